The molecular weight excluding hydrogens is 414 g/mol. The number of nitrogens with one attached hydrogen (secondary N) is 2. The molecule has 1 fully saturated rings. The monoisotopic (exact) mass is 433 g/mol. The summed E-state index contributed by atoms with van der Waals surface area (Å²) < 4.78 is 23.3. The lowest BCUT2D eigenvalue weighted by molar-refractivity contribution is 0.102. The topological polar surface area (TPSA) is 87.6 Å². The number of sulfone groups is 1. The predicted octanol–water partition coefficient (Wildman–Crippen LogP) is 3.34. The Morgan fingerprint density at radius 3 is 2.64 bits per heavy atom. The van der Waals surface area contributed by atoms with Crippen LogP contribution < -0.4 is 10.6 Å². The van der Waals surface area contributed by atoms with Gasteiger partial charge in [0.2, 0.25) is 0 Å². The molecule has 2 atom stereocenters. The molecule has 2 aromatic carbocycles. The minimum atomic E-state index is -2.95. The van der Waals surface area contributed by atoms with Gasteiger partial charge in [-0.2, -0.15) is 0 Å². The molecule has 9 heteroatoms. The van der Waals surface area contributed by atoms with Gasteiger partial charge in [0.15, 0.2) is 15.0 Å². The second kappa shape index (κ2) is 7.81. The first-order valence-corrected chi connectivity index (χ1v) is 12.6. The fraction of sp³-hybridized carbons (Fsp3) is 0.263. The van der Waals surface area contributed by atoms with Gasteiger partial charge in [0.25, 0.3) is 5.91 Å². The largest absolute Gasteiger partial charge is 0.335 e. The number of nitrogens with zero attached hydrogens (tertiary/aromatic N) is 1. The summed E-state index contributed by atoms with van der Waals surface area (Å²) in [5, 5.41) is 6.86. The third-order valence-corrected chi connectivity index (χ3v) is 8.41. The van der Waals surface area contributed by atoms with Gasteiger partial charge < -0.3 is 10.6 Å². The lowest BCUT2D eigenvalue weighted by atomic mass is 10.2. The molecule has 0 unspecified atom stereocenters. The van der Waals surface area contributed by atoms with Gasteiger partial charge in [0, 0.05) is 27.1 Å². The first-order valence-electron chi connectivity index (χ1n) is 8.69. The molecule has 0 spiro atoms. The molecule has 2 aliphatic rings. The number of aliphatic imine (C=N–C) groups is 1. The second-order valence-corrected chi connectivity index (χ2v) is 10.9. The van der Waals surface area contributed by atoms with Crippen LogP contribution in [-0.4, -0.2) is 48.5 Å². The van der Waals surface area contributed by atoms with Crippen molar-refractivity contribution in [2.75, 3.05) is 28.4 Å². The highest BCUT2D eigenvalue weighted by atomic mass is 32.2. The molecule has 2 aliphatic heterocycles. The van der Waals surface area contributed by atoms with Crippen LogP contribution in [0.15, 0.2) is 58.4 Å². The van der Waals surface area contributed by atoms with Crippen molar-refractivity contribution in [1.29, 1.82) is 0 Å². The van der Waals surface area contributed by atoms with Crippen LogP contribution in [0.3, 0.4) is 0 Å². The van der Waals surface area contributed by atoms with E-state index in [2.05, 4.69) is 15.6 Å². The summed E-state index contributed by atoms with van der Waals surface area (Å²) >= 11 is 3.10. The maximum absolute atomic E-state index is 12.4. The summed E-state index contributed by atoms with van der Waals surface area (Å²) in [6.45, 7) is 0. The zero-order chi connectivity index (χ0) is 19.7. The Kier molecular flexibility index (Phi) is 5.39. The van der Waals surface area contributed by atoms with E-state index in [1.807, 2.05) is 42.7 Å². The molecule has 0 bridgehead atoms. The van der Waals surface area contributed by atoms with Gasteiger partial charge in [0.1, 0.15) is 0 Å². The maximum Gasteiger partial charge on any atom is 0.255 e. The predicted molar refractivity (Wildman–Crippen MR) is 117 cm³/mol. The maximum atomic E-state index is 12.4. The van der Waals surface area contributed by atoms with Crippen LogP contribution in [0.4, 0.5) is 11.4 Å². The summed E-state index contributed by atoms with van der Waals surface area (Å²) in [4.78, 5) is 18.0. The van der Waals surface area contributed by atoms with Crippen molar-refractivity contribution in [3.05, 3.63) is 54.1 Å². The van der Waals surface area contributed by atoms with Crippen molar-refractivity contribution in [1.82, 2.24) is 0 Å². The Balaban J connectivity index is 1.38. The van der Waals surface area contributed by atoms with Gasteiger partial charge in [0.05, 0.1) is 17.5 Å². The third kappa shape index (κ3) is 4.37. The van der Waals surface area contributed by atoms with Crippen molar-refractivity contribution >= 4 is 55.8 Å². The van der Waals surface area contributed by atoms with E-state index in [0.29, 0.717) is 5.56 Å². The standard InChI is InChI=1S/C19H19N3O3S3/c1-26-15-4-2-3-14(9-15)20-18(23)12-5-7-13(8-6-12)21-19-22-16-10-28(24,25)11-17(16)27-19/h2-9,16-17H,10-11H2,1H3,(H,20,23)(H,21,22)/t16-,17-/m0/s1. The number of rotatable bonds is 4. The summed E-state index contributed by atoms with van der Waals surface area (Å²) in [5.74, 6) is 0.151. The number of hydrogen-bond donors (Lipinski definition) is 2. The fourth-order valence-corrected chi connectivity index (χ4v) is 7.28. The average Bonchev–Trinajstić information content (AvgIpc) is 3.15. The van der Waals surface area contributed by atoms with Crippen LogP contribution in [0.2, 0.25) is 0 Å². The van der Waals surface area contributed by atoms with Gasteiger partial charge in [-0.25, -0.2) is 8.42 Å². The van der Waals surface area contributed by atoms with E-state index >= 15 is 0 Å². The highest BCUT2D eigenvalue weighted by Crippen LogP contribution is 2.34. The Labute approximate surface area is 172 Å². The fourth-order valence-electron chi connectivity index (χ4n) is 3.15. The molecule has 1 amide bonds. The van der Waals surface area contributed by atoms with Crippen molar-refractivity contribution in [2.45, 2.75) is 16.2 Å². The van der Waals surface area contributed by atoms with E-state index in [1.54, 1.807) is 23.9 Å². The van der Waals surface area contributed by atoms with Crippen molar-refractivity contribution in [3.8, 4) is 0 Å². The molecule has 6 nitrogen and oxygen atoms in total. The van der Waals surface area contributed by atoms with E-state index in [9.17, 15) is 13.2 Å². The van der Waals surface area contributed by atoms with Gasteiger partial charge in [-0.15, -0.1) is 11.8 Å². The van der Waals surface area contributed by atoms with Crippen LogP contribution >= 0.6 is 23.5 Å². The smallest absolute Gasteiger partial charge is 0.255 e. The van der Waals surface area contributed by atoms with Gasteiger partial charge >= 0.3 is 0 Å². The SMILES string of the molecule is CSc1cccc(NC(=O)c2ccc(NC3=N[C@H]4CS(=O)(=O)C[C@@H]4S3)cc2)c1. The number of anilines is 2. The third-order valence-electron chi connectivity index (χ3n) is 4.54. The molecule has 2 aromatic rings. The number of hydrogen-bond acceptors (Lipinski definition) is 7. The van der Waals surface area contributed by atoms with Crippen LogP contribution in [-0.2, 0) is 9.84 Å². The number of thioether (sulfide) groups is 2. The summed E-state index contributed by atoms with van der Waals surface area (Å²) in [5.41, 5.74) is 2.14. The van der Waals surface area contributed by atoms with E-state index in [-0.39, 0.29) is 28.7 Å². The van der Waals surface area contributed by atoms with Crippen molar-refractivity contribution in [3.63, 3.8) is 0 Å². The zero-order valence-electron chi connectivity index (χ0n) is 15.1. The van der Waals surface area contributed by atoms with E-state index in [4.69, 9.17) is 0 Å². The summed E-state index contributed by atoms with van der Waals surface area (Å²) in [6, 6.07) is 14.7. The lowest BCUT2D eigenvalue weighted by Crippen LogP contribution is -2.13. The highest BCUT2D eigenvalue weighted by molar-refractivity contribution is 8.15. The van der Waals surface area contributed by atoms with E-state index in [0.717, 1.165) is 21.4 Å². The van der Waals surface area contributed by atoms with Gasteiger partial charge in [-0.1, -0.05) is 17.8 Å². The molecule has 1 saturated heterocycles. The Bertz CT molecular complexity index is 1040. The van der Waals surface area contributed by atoms with Crippen LogP contribution in [0.25, 0.3) is 0 Å². The zero-order valence-corrected chi connectivity index (χ0v) is 17.5. The van der Waals surface area contributed by atoms with E-state index in [1.165, 1.54) is 11.8 Å². The van der Waals surface area contributed by atoms with Gasteiger partial charge in [-0.05, 0) is 48.7 Å². The Hall–Kier alpha value is -1.97. The normalized spacial score (nSPS) is 22.4. The number of carbonyl (C=O) groups is 1. The molecule has 0 aliphatic carbocycles. The molecular formula is C19H19N3O3S3. The average molecular weight is 434 g/mol. The molecule has 0 radical (unpaired) electrons. The summed E-state index contributed by atoms with van der Waals surface area (Å²) in [7, 11) is -2.95. The van der Waals surface area contributed by atoms with Crippen LogP contribution in [0, 0.1) is 0 Å². The van der Waals surface area contributed by atoms with Gasteiger partial charge in [-0.3, -0.25) is 9.79 Å². The quantitative estimate of drug-likeness (QED) is 0.719. The highest BCUT2D eigenvalue weighted by Gasteiger charge is 2.42. The molecule has 28 heavy (non-hydrogen) atoms. The number of carbonyl (C=O) groups excluding carboxylic acids is 1. The number of amides is 1. The second-order valence-electron chi connectivity index (χ2n) is 6.62. The minimum Gasteiger partial charge on any atom is -0.335 e. The van der Waals surface area contributed by atoms with Crippen molar-refractivity contribution in [2.24, 2.45) is 4.99 Å². The number of fused-ring (bicyclic) bond motifs is 1. The molecule has 0 aromatic heterocycles. The Morgan fingerprint density at radius 1 is 1.14 bits per heavy atom. The molecule has 4 rings (SSSR count). The number of amidine groups is 1. The lowest BCUT2D eigenvalue weighted by Gasteiger charge is -2.09. The van der Waals surface area contributed by atoms with Crippen LogP contribution in [0.1, 0.15) is 10.4 Å². The minimum absolute atomic E-state index is 0.00889. The summed E-state index contributed by atoms with van der Waals surface area (Å²) in [6.07, 6.45) is 1.99. The molecule has 0 saturated carbocycles. The van der Waals surface area contributed by atoms with Crippen LogP contribution in [0.5, 0.6) is 0 Å². The molecule has 2 heterocycles. The van der Waals surface area contributed by atoms with E-state index < -0.39 is 9.84 Å². The van der Waals surface area contributed by atoms with Crippen molar-refractivity contribution < 1.29 is 13.2 Å². The first kappa shape index (κ1) is 19.4. The molecule has 2 N–H and O–H groups in total. The molecule has 146 valence electrons. The number of benzene rings is 2. The Morgan fingerprint density at radius 2 is 1.93 bits per heavy atom. The first-order chi connectivity index (χ1) is 13.4.